The van der Waals surface area contributed by atoms with E-state index < -0.39 is 5.91 Å². The van der Waals surface area contributed by atoms with Gasteiger partial charge in [-0.3, -0.25) is 4.79 Å². The summed E-state index contributed by atoms with van der Waals surface area (Å²) in [5.41, 5.74) is 3.84. The highest BCUT2D eigenvalue weighted by molar-refractivity contribution is 6.35. The average Bonchev–Trinajstić information content (AvgIpc) is 2.91. The van der Waals surface area contributed by atoms with Crippen LogP contribution in [0.15, 0.2) is 90.5 Å². The van der Waals surface area contributed by atoms with Crippen LogP contribution in [0.5, 0.6) is 11.5 Å². The molecule has 0 aliphatic heterocycles. The number of hydrogen-bond donors (Lipinski definition) is 1. The molecule has 0 radical (unpaired) electrons. The SMILES string of the molecule is Cc1cccc(COc2ccc(Cl)cc2/C=C(\C#N)C(=O)Nc2ccc(OCc3ccc(Cl)cc3Cl)cc2)c1. The molecule has 8 heteroatoms. The Morgan fingerprint density at radius 1 is 0.897 bits per heavy atom. The first-order chi connectivity index (χ1) is 18.8. The lowest BCUT2D eigenvalue weighted by Gasteiger charge is -2.11. The molecule has 5 nitrogen and oxygen atoms in total. The fourth-order valence-corrected chi connectivity index (χ4v) is 4.31. The lowest BCUT2D eigenvalue weighted by Crippen LogP contribution is -2.13. The Kier molecular flexibility index (Phi) is 9.51. The molecule has 4 aromatic carbocycles. The zero-order chi connectivity index (χ0) is 27.8. The van der Waals surface area contributed by atoms with Gasteiger partial charge in [-0.25, -0.2) is 0 Å². The first-order valence-electron chi connectivity index (χ1n) is 11.9. The van der Waals surface area contributed by atoms with Crippen molar-refractivity contribution in [2.75, 3.05) is 5.32 Å². The van der Waals surface area contributed by atoms with Gasteiger partial charge in [0.25, 0.3) is 5.91 Å². The van der Waals surface area contributed by atoms with Crippen molar-refractivity contribution >= 4 is 52.5 Å². The predicted molar refractivity (Wildman–Crippen MR) is 156 cm³/mol. The van der Waals surface area contributed by atoms with E-state index in [9.17, 15) is 10.1 Å². The van der Waals surface area contributed by atoms with Gasteiger partial charge in [-0.2, -0.15) is 5.26 Å². The smallest absolute Gasteiger partial charge is 0.266 e. The van der Waals surface area contributed by atoms with Crippen LogP contribution in [0.4, 0.5) is 5.69 Å². The monoisotopic (exact) mass is 576 g/mol. The number of hydrogen-bond acceptors (Lipinski definition) is 4. The second-order valence-corrected chi connectivity index (χ2v) is 9.91. The number of carbonyl (C=O) groups excluding carboxylic acids is 1. The highest BCUT2D eigenvalue weighted by Gasteiger charge is 2.13. The third-order valence-corrected chi connectivity index (χ3v) is 6.46. The summed E-state index contributed by atoms with van der Waals surface area (Å²) in [5, 5.41) is 14.0. The van der Waals surface area contributed by atoms with Crippen molar-refractivity contribution in [3.8, 4) is 17.6 Å². The summed E-state index contributed by atoms with van der Waals surface area (Å²) in [7, 11) is 0. The fourth-order valence-electron chi connectivity index (χ4n) is 3.66. The Morgan fingerprint density at radius 2 is 1.64 bits per heavy atom. The van der Waals surface area contributed by atoms with Gasteiger partial charge in [0.05, 0.1) is 0 Å². The molecule has 1 N–H and O–H groups in total. The Bertz CT molecular complexity index is 1560. The maximum atomic E-state index is 12.9. The van der Waals surface area contributed by atoms with E-state index in [4.69, 9.17) is 44.3 Å². The molecule has 0 saturated carbocycles. The van der Waals surface area contributed by atoms with Gasteiger partial charge >= 0.3 is 0 Å². The van der Waals surface area contributed by atoms with E-state index in [-0.39, 0.29) is 12.2 Å². The van der Waals surface area contributed by atoms with E-state index in [1.165, 1.54) is 6.08 Å². The normalized spacial score (nSPS) is 11.0. The van der Waals surface area contributed by atoms with Crippen LogP contribution in [0, 0.1) is 18.3 Å². The maximum Gasteiger partial charge on any atom is 0.266 e. The number of amides is 1. The molecule has 0 saturated heterocycles. The van der Waals surface area contributed by atoms with E-state index in [0.717, 1.165) is 16.7 Å². The molecule has 0 aromatic heterocycles. The van der Waals surface area contributed by atoms with Crippen LogP contribution < -0.4 is 14.8 Å². The molecule has 0 fully saturated rings. The van der Waals surface area contributed by atoms with Crippen LogP contribution in [0.2, 0.25) is 15.1 Å². The van der Waals surface area contributed by atoms with Crippen molar-refractivity contribution in [2.24, 2.45) is 0 Å². The molecule has 0 heterocycles. The zero-order valence-corrected chi connectivity index (χ0v) is 23.1. The van der Waals surface area contributed by atoms with Gasteiger partial charge in [0.15, 0.2) is 0 Å². The van der Waals surface area contributed by atoms with Gasteiger partial charge in [-0.05, 0) is 73.2 Å². The standard InChI is InChI=1S/C31H23Cl3N2O3/c1-20-3-2-4-21(13-20)18-39-30-12-7-25(32)15-23(30)14-24(17-35)31(37)36-27-8-10-28(11-9-27)38-19-22-5-6-26(33)16-29(22)34/h2-16H,18-19H2,1H3,(H,36,37)/b24-14+. The zero-order valence-electron chi connectivity index (χ0n) is 20.9. The molecule has 4 aromatic rings. The van der Waals surface area contributed by atoms with E-state index in [1.807, 2.05) is 37.3 Å². The largest absolute Gasteiger partial charge is 0.489 e. The Balaban J connectivity index is 1.42. The molecule has 196 valence electrons. The van der Waals surface area contributed by atoms with Crippen LogP contribution in [0.3, 0.4) is 0 Å². The van der Waals surface area contributed by atoms with Crippen molar-refractivity contribution in [2.45, 2.75) is 20.1 Å². The van der Waals surface area contributed by atoms with Crippen molar-refractivity contribution < 1.29 is 14.3 Å². The summed E-state index contributed by atoms with van der Waals surface area (Å²) in [6.07, 6.45) is 1.46. The van der Waals surface area contributed by atoms with Crippen LogP contribution in [-0.4, -0.2) is 5.91 Å². The molecule has 1 amide bonds. The van der Waals surface area contributed by atoms with Crippen LogP contribution in [-0.2, 0) is 18.0 Å². The van der Waals surface area contributed by atoms with Crippen LogP contribution in [0.1, 0.15) is 22.3 Å². The van der Waals surface area contributed by atoms with Crippen molar-refractivity contribution in [3.63, 3.8) is 0 Å². The fraction of sp³-hybridized carbons (Fsp3) is 0.0968. The van der Waals surface area contributed by atoms with Gasteiger partial charge in [0, 0.05) is 31.9 Å². The van der Waals surface area contributed by atoms with E-state index in [2.05, 4.69) is 5.32 Å². The second-order valence-electron chi connectivity index (χ2n) is 8.63. The van der Waals surface area contributed by atoms with Gasteiger partial charge < -0.3 is 14.8 Å². The highest BCUT2D eigenvalue weighted by Crippen LogP contribution is 2.27. The number of nitrogens with one attached hydrogen (secondary N) is 1. The molecule has 0 aliphatic rings. The molecular weight excluding hydrogens is 555 g/mol. The summed E-state index contributed by atoms with van der Waals surface area (Å²) < 4.78 is 11.8. The Labute approximate surface area is 242 Å². The molecular formula is C31H23Cl3N2O3. The first kappa shape index (κ1) is 28.1. The quantitative estimate of drug-likeness (QED) is 0.160. The van der Waals surface area contributed by atoms with Gasteiger partial charge in [-0.15, -0.1) is 0 Å². The minimum atomic E-state index is -0.566. The predicted octanol–water partition coefficient (Wildman–Crippen LogP) is 8.66. The van der Waals surface area contributed by atoms with Crippen molar-refractivity contribution in [3.05, 3.63) is 128 Å². The van der Waals surface area contributed by atoms with Gasteiger partial charge in [-0.1, -0.05) is 70.7 Å². The second kappa shape index (κ2) is 13.2. The van der Waals surface area contributed by atoms with Crippen LogP contribution in [0.25, 0.3) is 6.08 Å². The highest BCUT2D eigenvalue weighted by atomic mass is 35.5. The number of carbonyl (C=O) groups is 1. The van der Waals surface area contributed by atoms with Crippen LogP contribution >= 0.6 is 34.8 Å². The summed E-state index contributed by atoms with van der Waals surface area (Å²) in [5.74, 6) is 0.525. The number of rotatable bonds is 9. The first-order valence-corrected chi connectivity index (χ1v) is 13.0. The maximum absolute atomic E-state index is 12.9. The molecule has 0 bridgehead atoms. The minimum absolute atomic E-state index is 0.102. The summed E-state index contributed by atoms with van der Waals surface area (Å²) >= 11 is 18.3. The molecule has 0 aliphatic carbocycles. The number of nitrogens with zero attached hydrogens (tertiary/aromatic N) is 1. The van der Waals surface area contributed by atoms with E-state index in [0.29, 0.717) is 44.4 Å². The van der Waals surface area contributed by atoms with E-state index in [1.54, 1.807) is 60.7 Å². The summed E-state index contributed by atoms with van der Waals surface area (Å²) in [6, 6.07) is 27.0. The third-order valence-electron chi connectivity index (χ3n) is 5.64. The molecule has 39 heavy (non-hydrogen) atoms. The topological polar surface area (TPSA) is 71.3 Å². The van der Waals surface area contributed by atoms with Crippen molar-refractivity contribution in [1.29, 1.82) is 5.26 Å². The molecule has 0 atom stereocenters. The lowest BCUT2D eigenvalue weighted by molar-refractivity contribution is -0.112. The van der Waals surface area contributed by atoms with Gasteiger partial charge in [0.1, 0.15) is 36.4 Å². The lowest BCUT2D eigenvalue weighted by atomic mass is 10.1. The number of halogens is 3. The summed E-state index contributed by atoms with van der Waals surface area (Å²) in [6.45, 7) is 2.60. The Hall–Kier alpha value is -3.95. The molecule has 0 unspecified atom stereocenters. The molecule has 4 rings (SSSR count). The number of ether oxygens (including phenoxy) is 2. The summed E-state index contributed by atoms with van der Waals surface area (Å²) in [4.78, 5) is 12.9. The number of benzene rings is 4. The van der Waals surface area contributed by atoms with E-state index >= 15 is 0 Å². The number of aryl methyl sites for hydroxylation is 1. The number of anilines is 1. The number of nitriles is 1. The Morgan fingerprint density at radius 3 is 2.36 bits per heavy atom. The van der Waals surface area contributed by atoms with Gasteiger partial charge in [0.2, 0.25) is 0 Å². The van der Waals surface area contributed by atoms with Crippen molar-refractivity contribution in [1.82, 2.24) is 0 Å². The average molecular weight is 578 g/mol. The molecule has 0 spiro atoms. The minimum Gasteiger partial charge on any atom is -0.489 e. The third kappa shape index (κ3) is 8.02.